The minimum Gasteiger partial charge on any atom is -0.497 e. The van der Waals surface area contributed by atoms with Crippen molar-refractivity contribution in [3.05, 3.63) is 18.2 Å². The lowest BCUT2D eigenvalue weighted by atomic mass is 10.2. The summed E-state index contributed by atoms with van der Waals surface area (Å²) >= 11 is 0. The van der Waals surface area contributed by atoms with Crippen molar-refractivity contribution >= 4 is 5.69 Å². The number of anilines is 1. The van der Waals surface area contributed by atoms with E-state index in [9.17, 15) is 0 Å². The Morgan fingerprint density at radius 2 is 2.06 bits per heavy atom. The van der Waals surface area contributed by atoms with Gasteiger partial charge in [-0.2, -0.15) is 5.26 Å². The van der Waals surface area contributed by atoms with Crippen LogP contribution in [0.15, 0.2) is 18.2 Å². The van der Waals surface area contributed by atoms with Crippen molar-refractivity contribution in [2.75, 3.05) is 26.2 Å². The smallest absolute Gasteiger partial charge is 0.145 e. The highest BCUT2D eigenvalue weighted by Gasteiger charge is 2.14. The molecule has 0 spiro atoms. The maximum absolute atomic E-state index is 8.71. The van der Waals surface area contributed by atoms with Crippen LogP contribution < -0.4 is 14.4 Å². The summed E-state index contributed by atoms with van der Waals surface area (Å²) in [5.41, 5.74) is 0.955. The van der Waals surface area contributed by atoms with E-state index in [1.807, 2.05) is 37.1 Å². The first-order chi connectivity index (χ1) is 8.13. The van der Waals surface area contributed by atoms with Gasteiger partial charge >= 0.3 is 0 Å². The van der Waals surface area contributed by atoms with Crippen LogP contribution in [-0.2, 0) is 0 Å². The molecule has 4 heteroatoms. The molecule has 17 heavy (non-hydrogen) atoms. The summed E-state index contributed by atoms with van der Waals surface area (Å²) in [5, 5.41) is 8.71. The van der Waals surface area contributed by atoms with E-state index in [1.165, 1.54) is 0 Å². The van der Waals surface area contributed by atoms with Gasteiger partial charge in [0.2, 0.25) is 0 Å². The molecule has 92 valence electrons. The maximum Gasteiger partial charge on any atom is 0.145 e. The number of nitrogens with zero attached hydrogens (tertiary/aromatic N) is 2. The highest BCUT2D eigenvalue weighted by Crippen LogP contribution is 2.32. The Morgan fingerprint density at radius 3 is 2.59 bits per heavy atom. The molecule has 0 aliphatic rings. The summed E-state index contributed by atoms with van der Waals surface area (Å²) in [6.45, 7) is 2.01. The zero-order valence-electron chi connectivity index (χ0n) is 10.7. The standard InChI is InChI=1S/C13H18N2O2/c1-10(7-8-14)15(2)12-6-5-11(16-3)9-13(12)17-4/h5-6,9-10H,7H2,1-4H3. The largest absolute Gasteiger partial charge is 0.497 e. The van der Waals surface area contributed by atoms with Crippen LogP contribution in [0.25, 0.3) is 0 Å². The predicted molar refractivity (Wildman–Crippen MR) is 67.6 cm³/mol. The number of benzene rings is 1. The average molecular weight is 234 g/mol. The van der Waals surface area contributed by atoms with E-state index < -0.39 is 0 Å². The molecule has 0 N–H and O–H groups in total. The van der Waals surface area contributed by atoms with Crippen molar-refractivity contribution < 1.29 is 9.47 Å². The van der Waals surface area contributed by atoms with Crippen molar-refractivity contribution in [2.24, 2.45) is 0 Å². The second-order valence-electron chi connectivity index (χ2n) is 3.86. The molecule has 0 bridgehead atoms. The van der Waals surface area contributed by atoms with Crippen molar-refractivity contribution in [1.82, 2.24) is 0 Å². The normalized spacial score (nSPS) is 11.5. The molecule has 0 heterocycles. The molecule has 0 radical (unpaired) electrons. The van der Waals surface area contributed by atoms with Crippen LogP contribution in [0.2, 0.25) is 0 Å². The lowest BCUT2D eigenvalue weighted by molar-refractivity contribution is 0.394. The quantitative estimate of drug-likeness (QED) is 0.785. The first-order valence-electron chi connectivity index (χ1n) is 5.45. The van der Waals surface area contributed by atoms with Crippen LogP contribution in [0.3, 0.4) is 0 Å². The molecule has 1 atom stereocenters. The van der Waals surface area contributed by atoms with E-state index in [0.717, 1.165) is 17.2 Å². The first-order valence-corrected chi connectivity index (χ1v) is 5.45. The second-order valence-corrected chi connectivity index (χ2v) is 3.86. The lowest BCUT2D eigenvalue weighted by Crippen LogP contribution is -2.28. The molecule has 0 aliphatic carbocycles. The van der Waals surface area contributed by atoms with Gasteiger partial charge in [-0.1, -0.05) is 0 Å². The highest BCUT2D eigenvalue weighted by atomic mass is 16.5. The van der Waals surface area contributed by atoms with Crippen LogP contribution in [0.4, 0.5) is 5.69 Å². The minimum atomic E-state index is 0.141. The SMILES string of the molecule is COc1ccc(N(C)C(C)CC#N)c(OC)c1. The zero-order chi connectivity index (χ0) is 12.8. The third kappa shape index (κ3) is 3.04. The molecule has 0 saturated heterocycles. The van der Waals surface area contributed by atoms with Crippen LogP contribution in [-0.4, -0.2) is 27.3 Å². The van der Waals surface area contributed by atoms with Crippen LogP contribution in [0.5, 0.6) is 11.5 Å². The van der Waals surface area contributed by atoms with E-state index in [2.05, 4.69) is 6.07 Å². The van der Waals surface area contributed by atoms with Gasteiger partial charge in [-0.25, -0.2) is 0 Å². The van der Waals surface area contributed by atoms with Gasteiger partial charge in [0, 0.05) is 19.2 Å². The molecule has 1 rings (SSSR count). The zero-order valence-corrected chi connectivity index (χ0v) is 10.7. The van der Waals surface area contributed by atoms with Crippen LogP contribution in [0, 0.1) is 11.3 Å². The molecule has 0 aromatic heterocycles. The Balaban J connectivity index is 3.01. The van der Waals surface area contributed by atoms with Gasteiger partial charge in [0.1, 0.15) is 11.5 Å². The van der Waals surface area contributed by atoms with Gasteiger partial charge in [-0.15, -0.1) is 0 Å². The number of nitriles is 1. The van der Waals surface area contributed by atoms with E-state index in [4.69, 9.17) is 14.7 Å². The number of rotatable bonds is 5. The Hall–Kier alpha value is -1.89. The van der Waals surface area contributed by atoms with E-state index in [1.54, 1.807) is 14.2 Å². The molecule has 4 nitrogen and oxygen atoms in total. The summed E-state index contributed by atoms with van der Waals surface area (Å²) in [5.74, 6) is 1.50. The van der Waals surface area contributed by atoms with Crippen molar-refractivity contribution in [1.29, 1.82) is 5.26 Å². The molecule has 0 aliphatic heterocycles. The third-order valence-electron chi connectivity index (χ3n) is 2.81. The van der Waals surface area contributed by atoms with Crippen molar-refractivity contribution in [3.63, 3.8) is 0 Å². The molecule has 1 unspecified atom stereocenters. The Morgan fingerprint density at radius 1 is 1.35 bits per heavy atom. The van der Waals surface area contributed by atoms with E-state index in [0.29, 0.717) is 6.42 Å². The van der Waals surface area contributed by atoms with Crippen molar-refractivity contribution in [2.45, 2.75) is 19.4 Å². The molecule has 0 fully saturated rings. The number of hydrogen-bond acceptors (Lipinski definition) is 4. The van der Waals surface area contributed by atoms with Crippen LogP contribution >= 0.6 is 0 Å². The number of methoxy groups -OCH3 is 2. The fourth-order valence-electron chi connectivity index (χ4n) is 1.58. The second kappa shape index (κ2) is 6.00. The fourth-order valence-corrected chi connectivity index (χ4v) is 1.58. The first kappa shape index (κ1) is 13.2. The Labute approximate surface area is 102 Å². The van der Waals surface area contributed by atoms with Gasteiger partial charge in [0.25, 0.3) is 0 Å². The minimum absolute atomic E-state index is 0.141. The average Bonchev–Trinajstić information content (AvgIpc) is 2.37. The van der Waals surface area contributed by atoms with Gasteiger partial charge in [0.15, 0.2) is 0 Å². The summed E-state index contributed by atoms with van der Waals surface area (Å²) in [4.78, 5) is 2.03. The van der Waals surface area contributed by atoms with Gasteiger partial charge in [-0.05, 0) is 19.1 Å². The summed E-state index contributed by atoms with van der Waals surface area (Å²) < 4.78 is 10.5. The fraction of sp³-hybridized carbons (Fsp3) is 0.462. The summed E-state index contributed by atoms with van der Waals surface area (Å²) in [7, 11) is 5.20. The molecule has 1 aromatic carbocycles. The number of hydrogen-bond donors (Lipinski definition) is 0. The maximum atomic E-state index is 8.71. The topological polar surface area (TPSA) is 45.5 Å². The molecule has 0 amide bonds. The lowest BCUT2D eigenvalue weighted by Gasteiger charge is -2.27. The molecular formula is C13H18N2O2. The van der Waals surface area contributed by atoms with Gasteiger partial charge in [0.05, 0.1) is 32.4 Å². The van der Waals surface area contributed by atoms with Gasteiger partial charge < -0.3 is 14.4 Å². The van der Waals surface area contributed by atoms with Crippen molar-refractivity contribution in [3.8, 4) is 17.6 Å². The van der Waals surface area contributed by atoms with E-state index >= 15 is 0 Å². The number of ether oxygens (including phenoxy) is 2. The Bertz CT molecular complexity index is 412. The molecule has 0 saturated carbocycles. The predicted octanol–water partition coefficient (Wildman–Crippen LogP) is 2.44. The van der Waals surface area contributed by atoms with Crippen LogP contribution in [0.1, 0.15) is 13.3 Å². The van der Waals surface area contributed by atoms with E-state index in [-0.39, 0.29) is 6.04 Å². The monoisotopic (exact) mass is 234 g/mol. The highest BCUT2D eigenvalue weighted by molar-refractivity contribution is 5.61. The molecule has 1 aromatic rings. The third-order valence-corrected chi connectivity index (χ3v) is 2.81. The summed E-state index contributed by atoms with van der Waals surface area (Å²) in [6, 6.07) is 7.97. The van der Waals surface area contributed by atoms with Gasteiger partial charge in [-0.3, -0.25) is 0 Å². The molecular weight excluding hydrogens is 216 g/mol. The Kier molecular flexibility index (Phi) is 4.65. The summed E-state index contributed by atoms with van der Waals surface area (Å²) in [6.07, 6.45) is 0.478.